The molecule has 2 aromatic heterocycles. The van der Waals surface area contributed by atoms with Crippen LogP contribution in [0.4, 0.5) is 5.82 Å². The number of rotatable bonds is 5. The Bertz CT molecular complexity index is 1330. The molecule has 0 radical (unpaired) electrons. The maximum absolute atomic E-state index is 12.8. The molecule has 1 saturated heterocycles. The minimum Gasteiger partial charge on any atom is -0.505 e. The number of hydrogen-bond acceptors (Lipinski definition) is 8. The van der Waals surface area contributed by atoms with E-state index < -0.39 is 11.9 Å². The molecule has 4 rings (SSSR count). The Hall–Kier alpha value is -3.94. The number of aliphatic hydroxyl groups excluding tert-OH is 1. The van der Waals surface area contributed by atoms with E-state index in [1.54, 1.807) is 41.3 Å². The number of aliphatic hydroxyl groups is 1. The highest BCUT2D eigenvalue weighted by atomic mass is 35.5. The van der Waals surface area contributed by atoms with Gasteiger partial charge in [-0.05, 0) is 18.2 Å². The van der Waals surface area contributed by atoms with Gasteiger partial charge in [-0.15, -0.1) is 0 Å². The average molecular weight is 495 g/mol. The second-order valence-electron chi connectivity index (χ2n) is 8.11. The van der Waals surface area contributed by atoms with Crippen molar-refractivity contribution in [1.29, 1.82) is 5.26 Å². The van der Waals surface area contributed by atoms with Gasteiger partial charge in [0, 0.05) is 42.5 Å². The van der Waals surface area contributed by atoms with E-state index in [1.165, 1.54) is 13.1 Å². The number of fused-ring (bicyclic) bond motifs is 1. The second kappa shape index (κ2) is 10.1. The molecule has 3 N–H and O–H groups in total. The van der Waals surface area contributed by atoms with E-state index in [0.29, 0.717) is 46.9 Å². The van der Waals surface area contributed by atoms with Crippen LogP contribution in [0, 0.1) is 11.3 Å². The lowest BCUT2D eigenvalue weighted by Gasteiger charge is -2.40. The smallest absolute Gasteiger partial charge is 0.275 e. The normalized spacial score (nSPS) is 16.6. The summed E-state index contributed by atoms with van der Waals surface area (Å²) in [4.78, 5) is 36.8. The predicted octanol–water partition coefficient (Wildman–Crippen LogP) is 2.01. The maximum Gasteiger partial charge on any atom is 0.275 e. The summed E-state index contributed by atoms with van der Waals surface area (Å²) in [6, 6.07) is 10.6. The van der Waals surface area contributed by atoms with Gasteiger partial charge in [0.05, 0.1) is 30.4 Å². The highest BCUT2D eigenvalue weighted by Gasteiger charge is 2.29. The number of aromatic hydroxyl groups is 1. The fourth-order valence-corrected chi connectivity index (χ4v) is 4.39. The third-order valence-electron chi connectivity index (χ3n) is 5.96. The van der Waals surface area contributed by atoms with E-state index in [9.17, 15) is 25.1 Å². The molecule has 1 aromatic carbocycles. The Labute approximate surface area is 206 Å². The Morgan fingerprint density at radius 1 is 1.29 bits per heavy atom. The van der Waals surface area contributed by atoms with Crippen molar-refractivity contribution in [3.05, 3.63) is 58.9 Å². The number of nitrogens with one attached hydrogen (secondary N) is 1. The molecule has 0 spiro atoms. The van der Waals surface area contributed by atoms with Gasteiger partial charge in [0.2, 0.25) is 5.91 Å². The van der Waals surface area contributed by atoms with Crippen LogP contribution in [0.3, 0.4) is 0 Å². The van der Waals surface area contributed by atoms with Crippen molar-refractivity contribution in [2.45, 2.75) is 19.0 Å². The quantitative estimate of drug-likeness (QED) is 0.489. The van der Waals surface area contributed by atoms with E-state index >= 15 is 0 Å². The fourth-order valence-electron chi connectivity index (χ4n) is 4.14. The van der Waals surface area contributed by atoms with Crippen LogP contribution >= 0.6 is 11.6 Å². The summed E-state index contributed by atoms with van der Waals surface area (Å²) in [6.45, 7) is 2.71. The van der Waals surface area contributed by atoms with Crippen LogP contribution in [-0.2, 0) is 4.79 Å². The average Bonchev–Trinajstić information content (AvgIpc) is 2.87. The summed E-state index contributed by atoms with van der Waals surface area (Å²) in [5.41, 5.74) is 0.562. The summed E-state index contributed by atoms with van der Waals surface area (Å²) < 4.78 is 0. The maximum atomic E-state index is 12.8. The first-order valence-corrected chi connectivity index (χ1v) is 11.3. The molecule has 0 bridgehead atoms. The predicted molar refractivity (Wildman–Crippen MR) is 129 cm³/mol. The third-order valence-corrected chi connectivity index (χ3v) is 6.31. The van der Waals surface area contributed by atoms with Crippen LogP contribution in [-0.4, -0.2) is 69.2 Å². The molecule has 1 aliphatic heterocycles. The molecule has 2 unspecified atom stereocenters. The lowest BCUT2D eigenvalue weighted by molar-refractivity contribution is -0.132. The number of hydrogen-bond donors (Lipinski definition) is 3. The molecular formula is C24H23ClN6O4. The molecule has 2 atom stereocenters. The van der Waals surface area contributed by atoms with Crippen LogP contribution in [0.2, 0.25) is 5.02 Å². The minimum absolute atomic E-state index is 0.0942. The lowest BCUT2D eigenvalue weighted by atomic mass is 10.1. The third kappa shape index (κ3) is 4.82. The number of nitriles is 1. The number of piperazine rings is 1. The van der Waals surface area contributed by atoms with Crippen LogP contribution in [0.5, 0.6) is 5.75 Å². The SMILES string of the molecule is CC(=O)N1CCN(c2ccc3c(O)c(C(=O)NC(C#N)c4ccccc4Cl)ncc3n2)CC1CO. The van der Waals surface area contributed by atoms with Crippen molar-refractivity contribution in [1.82, 2.24) is 20.2 Å². The van der Waals surface area contributed by atoms with Crippen LogP contribution < -0.4 is 10.2 Å². The van der Waals surface area contributed by atoms with Crippen LogP contribution in [0.25, 0.3) is 10.9 Å². The van der Waals surface area contributed by atoms with E-state index in [4.69, 9.17) is 11.6 Å². The molecule has 1 aliphatic rings. The van der Waals surface area contributed by atoms with Crippen molar-refractivity contribution in [3.63, 3.8) is 0 Å². The van der Waals surface area contributed by atoms with Gasteiger partial charge >= 0.3 is 0 Å². The van der Waals surface area contributed by atoms with Gasteiger partial charge in [-0.1, -0.05) is 29.8 Å². The summed E-state index contributed by atoms with van der Waals surface area (Å²) in [6.07, 6.45) is 1.37. The summed E-state index contributed by atoms with van der Waals surface area (Å²) in [7, 11) is 0. The van der Waals surface area contributed by atoms with Crippen molar-refractivity contribution >= 4 is 40.1 Å². The molecule has 35 heavy (non-hydrogen) atoms. The zero-order valence-corrected chi connectivity index (χ0v) is 19.6. The van der Waals surface area contributed by atoms with Gasteiger partial charge in [0.1, 0.15) is 11.9 Å². The summed E-state index contributed by atoms with van der Waals surface area (Å²) in [5.74, 6) is -0.584. The standard InChI is InChI=1S/C24H23ClN6O4/c1-14(33)31-9-8-30(12-15(31)13-32)21-7-6-17-20(28-21)11-27-22(23(17)34)24(35)29-19(10-26)16-4-2-3-5-18(16)25/h2-7,11,15,19,32,34H,8-9,12-13H2,1H3,(H,29,35). The molecule has 0 aliphatic carbocycles. The van der Waals surface area contributed by atoms with Crippen molar-refractivity contribution < 1.29 is 19.8 Å². The minimum atomic E-state index is -1.03. The highest BCUT2D eigenvalue weighted by molar-refractivity contribution is 6.31. The Morgan fingerprint density at radius 3 is 2.74 bits per heavy atom. The van der Waals surface area contributed by atoms with Crippen molar-refractivity contribution in [2.75, 3.05) is 31.1 Å². The summed E-state index contributed by atoms with van der Waals surface area (Å²) >= 11 is 6.14. The molecular weight excluding hydrogens is 472 g/mol. The van der Waals surface area contributed by atoms with Gasteiger partial charge in [-0.25, -0.2) is 9.97 Å². The number of benzene rings is 1. The second-order valence-corrected chi connectivity index (χ2v) is 8.52. The van der Waals surface area contributed by atoms with E-state index in [1.807, 2.05) is 11.0 Å². The molecule has 11 heteroatoms. The molecule has 10 nitrogen and oxygen atoms in total. The number of carbonyl (C=O) groups excluding carboxylic acids is 2. The number of anilines is 1. The number of amides is 2. The summed E-state index contributed by atoms with van der Waals surface area (Å²) in [5, 5.41) is 33.1. The number of aromatic nitrogens is 2. The van der Waals surface area contributed by atoms with E-state index in [0.717, 1.165) is 0 Å². The molecule has 180 valence electrons. The lowest BCUT2D eigenvalue weighted by Crippen LogP contribution is -2.56. The first kappa shape index (κ1) is 24.2. The number of pyridine rings is 2. The number of carbonyl (C=O) groups is 2. The molecule has 3 heterocycles. The number of nitrogens with zero attached hydrogens (tertiary/aromatic N) is 5. The van der Waals surface area contributed by atoms with Gasteiger partial charge < -0.3 is 25.3 Å². The Balaban J connectivity index is 1.57. The fraction of sp³-hybridized carbons (Fsp3) is 0.292. The first-order chi connectivity index (χ1) is 16.8. The van der Waals surface area contributed by atoms with Crippen molar-refractivity contribution in [3.8, 4) is 11.8 Å². The Kier molecular flexibility index (Phi) is 7.00. The topological polar surface area (TPSA) is 143 Å². The van der Waals surface area contributed by atoms with Gasteiger partial charge in [-0.3, -0.25) is 9.59 Å². The number of halogens is 1. The van der Waals surface area contributed by atoms with Crippen LogP contribution in [0.15, 0.2) is 42.6 Å². The Morgan fingerprint density at radius 2 is 2.06 bits per heavy atom. The van der Waals surface area contributed by atoms with Gasteiger partial charge in [0.15, 0.2) is 11.4 Å². The van der Waals surface area contributed by atoms with E-state index in [2.05, 4.69) is 15.3 Å². The molecule has 1 fully saturated rings. The largest absolute Gasteiger partial charge is 0.505 e. The zero-order chi connectivity index (χ0) is 25.1. The van der Waals surface area contributed by atoms with Crippen LogP contribution in [0.1, 0.15) is 29.0 Å². The first-order valence-electron chi connectivity index (χ1n) is 10.9. The van der Waals surface area contributed by atoms with Crippen molar-refractivity contribution in [2.24, 2.45) is 0 Å². The zero-order valence-electron chi connectivity index (χ0n) is 18.8. The van der Waals surface area contributed by atoms with E-state index in [-0.39, 0.29) is 30.0 Å². The monoisotopic (exact) mass is 494 g/mol. The van der Waals surface area contributed by atoms with Gasteiger partial charge in [-0.2, -0.15) is 5.26 Å². The molecule has 0 saturated carbocycles. The molecule has 2 amide bonds. The molecule has 3 aromatic rings. The highest BCUT2D eigenvalue weighted by Crippen LogP contribution is 2.29. The van der Waals surface area contributed by atoms with Gasteiger partial charge in [0.25, 0.3) is 5.91 Å².